The fourth-order valence-corrected chi connectivity index (χ4v) is 3.40. The lowest BCUT2D eigenvalue weighted by molar-refractivity contribution is -0.133. The van der Waals surface area contributed by atoms with E-state index in [1.165, 1.54) is 0 Å². The number of likely N-dealkylation sites (tertiary alicyclic amines) is 1. The zero-order valence-corrected chi connectivity index (χ0v) is 13.3. The summed E-state index contributed by atoms with van der Waals surface area (Å²) in [5, 5.41) is 9.26. The fourth-order valence-electron chi connectivity index (χ4n) is 3.40. The molecule has 7 nitrogen and oxygen atoms in total. The Bertz CT molecular complexity index is 539. The van der Waals surface area contributed by atoms with Gasteiger partial charge in [0.15, 0.2) is 0 Å². The number of aromatic amines is 1. The molecule has 1 atom stereocenters. The molecule has 1 aromatic rings. The third-order valence-electron chi connectivity index (χ3n) is 4.76. The normalized spacial score (nSPS) is 21.8. The number of carbonyl (C=O) groups excluding carboxylic acids is 1. The molecule has 3 heterocycles. The first-order valence-electron chi connectivity index (χ1n) is 8.26. The Hall–Kier alpha value is -1.91. The smallest absolute Gasteiger partial charge is 0.224 e. The lowest BCUT2D eigenvalue weighted by atomic mass is 10.0. The molecule has 3 rings (SSSR count). The van der Waals surface area contributed by atoms with Crippen LogP contribution in [0.15, 0.2) is 12.4 Å². The average Bonchev–Trinajstić information content (AvgIpc) is 3.15. The van der Waals surface area contributed by atoms with Gasteiger partial charge in [-0.3, -0.25) is 9.69 Å². The standard InChI is InChI=1S/C16H23N5O2/c17-12-13(16-18-3-4-19-16)11-15(22)21-5-1-14(2-6-21)20-7-9-23-10-8-20/h3-4,13-14H,1-2,5-11H2,(H,18,19). The minimum Gasteiger partial charge on any atom is -0.379 e. The van der Waals surface area contributed by atoms with Crippen LogP contribution in [0.25, 0.3) is 0 Å². The van der Waals surface area contributed by atoms with Crippen molar-refractivity contribution in [1.29, 1.82) is 5.26 Å². The van der Waals surface area contributed by atoms with Crippen molar-refractivity contribution in [2.45, 2.75) is 31.2 Å². The highest BCUT2D eigenvalue weighted by Gasteiger charge is 2.29. The van der Waals surface area contributed by atoms with Gasteiger partial charge in [-0.2, -0.15) is 5.26 Å². The van der Waals surface area contributed by atoms with E-state index >= 15 is 0 Å². The van der Waals surface area contributed by atoms with E-state index in [4.69, 9.17) is 4.74 Å². The van der Waals surface area contributed by atoms with E-state index in [-0.39, 0.29) is 12.3 Å². The van der Waals surface area contributed by atoms with Gasteiger partial charge in [0.25, 0.3) is 0 Å². The van der Waals surface area contributed by atoms with Crippen molar-refractivity contribution in [2.24, 2.45) is 0 Å². The Morgan fingerprint density at radius 2 is 2.13 bits per heavy atom. The second-order valence-electron chi connectivity index (χ2n) is 6.12. The van der Waals surface area contributed by atoms with Crippen LogP contribution >= 0.6 is 0 Å². The number of hydrogen-bond acceptors (Lipinski definition) is 5. The molecular formula is C16H23N5O2. The largest absolute Gasteiger partial charge is 0.379 e. The molecule has 1 aromatic heterocycles. The van der Waals surface area contributed by atoms with Crippen LogP contribution in [0.5, 0.6) is 0 Å². The number of piperidine rings is 1. The van der Waals surface area contributed by atoms with Crippen molar-refractivity contribution < 1.29 is 9.53 Å². The quantitative estimate of drug-likeness (QED) is 0.885. The van der Waals surface area contributed by atoms with E-state index in [0.717, 1.165) is 52.2 Å². The number of H-pyrrole nitrogens is 1. The third kappa shape index (κ3) is 3.89. The second kappa shape index (κ2) is 7.57. The predicted molar refractivity (Wildman–Crippen MR) is 83.6 cm³/mol. The summed E-state index contributed by atoms with van der Waals surface area (Å²) in [5.41, 5.74) is 0. The highest BCUT2D eigenvalue weighted by Crippen LogP contribution is 2.21. The van der Waals surface area contributed by atoms with Crippen molar-refractivity contribution in [1.82, 2.24) is 19.8 Å². The van der Waals surface area contributed by atoms with Crippen molar-refractivity contribution >= 4 is 5.91 Å². The molecule has 0 spiro atoms. The number of nitrogens with zero attached hydrogens (tertiary/aromatic N) is 4. The summed E-state index contributed by atoms with van der Waals surface area (Å²) >= 11 is 0. The number of imidazole rings is 1. The van der Waals surface area contributed by atoms with Gasteiger partial charge < -0.3 is 14.6 Å². The molecular weight excluding hydrogens is 294 g/mol. The molecule has 2 fully saturated rings. The number of carbonyl (C=O) groups is 1. The fraction of sp³-hybridized carbons (Fsp3) is 0.688. The molecule has 1 unspecified atom stereocenters. The number of aromatic nitrogens is 2. The van der Waals surface area contributed by atoms with Crippen LogP contribution < -0.4 is 0 Å². The summed E-state index contributed by atoms with van der Waals surface area (Å²) in [7, 11) is 0. The van der Waals surface area contributed by atoms with Gasteiger partial charge in [0.05, 0.1) is 19.3 Å². The van der Waals surface area contributed by atoms with Crippen LogP contribution in [0.2, 0.25) is 0 Å². The molecule has 1 N–H and O–H groups in total. The molecule has 2 saturated heterocycles. The maximum atomic E-state index is 12.4. The van der Waals surface area contributed by atoms with Crippen LogP contribution in [0.4, 0.5) is 0 Å². The zero-order valence-electron chi connectivity index (χ0n) is 13.3. The summed E-state index contributed by atoms with van der Waals surface area (Å²) < 4.78 is 5.40. The first-order valence-corrected chi connectivity index (χ1v) is 8.26. The molecule has 23 heavy (non-hydrogen) atoms. The molecule has 0 bridgehead atoms. The van der Waals surface area contributed by atoms with E-state index in [0.29, 0.717) is 11.9 Å². The molecule has 1 amide bonds. The van der Waals surface area contributed by atoms with E-state index in [2.05, 4.69) is 20.9 Å². The van der Waals surface area contributed by atoms with Crippen LogP contribution in [-0.2, 0) is 9.53 Å². The number of nitriles is 1. The van der Waals surface area contributed by atoms with Crippen molar-refractivity contribution in [3.8, 4) is 6.07 Å². The first kappa shape index (κ1) is 16.0. The molecule has 124 valence electrons. The van der Waals surface area contributed by atoms with E-state index in [1.807, 2.05) is 4.90 Å². The Morgan fingerprint density at radius 3 is 2.74 bits per heavy atom. The van der Waals surface area contributed by atoms with Gasteiger partial charge in [0.1, 0.15) is 11.7 Å². The number of ether oxygens (including phenoxy) is 1. The van der Waals surface area contributed by atoms with Crippen LogP contribution in [0.3, 0.4) is 0 Å². The summed E-state index contributed by atoms with van der Waals surface area (Å²) in [6.07, 6.45) is 5.50. The van der Waals surface area contributed by atoms with Crippen molar-refractivity contribution in [2.75, 3.05) is 39.4 Å². The number of amides is 1. The Morgan fingerprint density at radius 1 is 1.39 bits per heavy atom. The third-order valence-corrected chi connectivity index (χ3v) is 4.76. The zero-order chi connectivity index (χ0) is 16.1. The molecule has 2 aliphatic heterocycles. The Labute approximate surface area is 136 Å². The van der Waals surface area contributed by atoms with Crippen LogP contribution in [0, 0.1) is 11.3 Å². The number of nitrogens with one attached hydrogen (secondary N) is 1. The van der Waals surface area contributed by atoms with Crippen LogP contribution in [0.1, 0.15) is 31.0 Å². The van der Waals surface area contributed by atoms with Crippen molar-refractivity contribution in [3.63, 3.8) is 0 Å². The highest BCUT2D eigenvalue weighted by molar-refractivity contribution is 5.77. The van der Waals surface area contributed by atoms with Gasteiger partial charge in [-0.15, -0.1) is 0 Å². The molecule has 2 aliphatic rings. The first-order chi connectivity index (χ1) is 11.3. The molecule has 0 aromatic carbocycles. The Balaban J connectivity index is 1.49. The van der Waals surface area contributed by atoms with Gasteiger partial charge in [0, 0.05) is 51.0 Å². The maximum absolute atomic E-state index is 12.4. The highest BCUT2D eigenvalue weighted by atomic mass is 16.5. The SMILES string of the molecule is N#CC(CC(=O)N1CCC(N2CCOCC2)CC1)c1ncc[nH]1. The maximum Gasteiger partial charge on any atom is 0.224 e. The predicted octanol–water partition coefficient (Wildman–Crippen LogP) is 0.730. The van der Waals surface area contributed by atoms with E-state index in [9.17, 15) is 10.1 Å². The number of rotatable bonds is 4. The lowest BCUT2D eigenvalue weighted by Gasteiger charge is -2.40. The monoisotopic (exact) mass is 317 g/mol. The summed E-state index contributed by atoms with van der Waals surface area (Å²) in [6, 6.07) is 2.73. The molecule has 0 radical (unpaired) electrons. The summed E-state index contributed by atoms with van der Waals surface area (Å²) in [6.45, 7) is 5.16. The summed E-state index contributed by atoms with van der Waals surface area (Å²) in [4.78, 5) is 23.8. The van der Waals surface area contributed by atoms with Gasteiger partial charge >= 0.3 is 0 Å². The van der Waals surface area contributed by atoms with Gasteiger partial charge in [-0.05, 0) is 12.8 Å². The van der Waals surface area contributed by atoms with Gasteiger partial charge in [-0.25, -0.2) is 4.98 Å². The van der Waals surface area contributed by atoms with E-state index < -0.39 is 5.92 Å². The Kier molecular flexibility index (Phi) is 5.26. The summed E-state index contributed by atoms with van der Waals surface area (Å²) in [5.74, 6) is 0.131. The van der Waals surface area contributed by atoms with Gasteiger partial charge in [0.2, 0.25) is 5.91 Å². The average molecular weight is 317 g/mol. The lowest BCUT2D eigenvalue weighted by Crippen LogP contribution is -2.50. The van der Waals surface area contributed by atoms with E-state index in [1.54, 1.807) is 12.4 Å². The number of morpholine rings is 1. The van der Waals surface area contributed by atoms with Crippen molar-refractivity contribution in [3.05, 3.63) is 18.2 Å². The minimum absolute atomic E-state index is 0.0494. The topological polar surface area (TPSA) is 85.2 Å². The van der Waals surface area contributed by atoms with Crippen LogP contribution in [-0.4, -0.2) is 71.1 Å². The number of hydrogen-bond donors (Lipinski definition) is 1. The molecule has 0 saturated carbocycles. The van der Waals surface area contributed by atoms with Gasteiger partial charge in [-0.1, -0.05) is 0 Å². The molecule has 0 aliphatic carbocycles. The minimum atomic E-state index is -0.491. The molecule has 7 heteroatoms. The second-order valence-corrected chi connectivity index (χ2v) is 6.12.